The fourth-order valence-electron chi connectivity index (χ4n) is 4.62. The maximum absolute atomic E-state index is 11.9. The highest BCUT2D eigenvalue weighted by Crippen LogP contribution is 2.44. The molecule has 0 bridgehead atoms. The Bertz CT molecular complexity index is 459. The maximum atomic E-state index is 11.9. The van der Waals surface area contributed by atoms with Crippen LogP contribution in [0.5, 0.6) is 0 Å². The first kappa shape index (κ1) is 30.8. The predicted octanol–water partition coefficient (Wildman–Crippen LogP) is 8.50. The monoisotopic (exact) mass is 456 g/mol. The van der Waals surface area contributed by atoms with Gasteiger partial charge in [-0.05, 0) is 25.7 Å². The number of hydrogen-bond donors (Lipinski definition) is 0. The van der Waals surface area contributed by atoms with Crippen LogP contribution >= 0.6 is 8.03 Å². The molecule has 31 heavy (non-hydrogen) atoms. The Morgan fingerprint density at radius 2 is 1.06 bits per heavy atom. The number of rotatable bonds is 22. The number of nitrogens with zero attached hydrogens (tertiary/aromatic N) is 1. The molecule has 0 N–H and O–H groups in total. The first-order valence-corrected chi connectivity index (χ1v) is 14.6. The van der Waals surface area contributed by atoms with Crippen LogP contribution in [-0.2, 0) is 4.57 Å². The molecule has 0 fully saturated rings. The Kier molecular flexibility index (Phi) is 19.1. The van der Waals surface area contributed by atoms with Crippen molar-refractivity contribution in [3.8, 4) is 0 Å². The molecule has 184 valence electrons. The zero-order valence-electron chi connectivity index (χ0n) is 21.8. The minimum absolute atomic E-state index is 0.512. The Labute approximate surface area is 196 Å². The summed E-state index contributed by atoms with van der Waals surface area (Å²) in [5.74, 6) is 0. The Balaban J connectivity index is 3.51. The molecule has 0 aromatic carbocycles. The molecule has 0 saturated carbocycles. The van der Waals surface area contributed by atoms with Gasteiger partial charge < -0.3 is 4.89 Å². The molecule has 2 unspecified atom stereocenters. The van der Waals surface area contributed by atoms with E-state index in [0.29, 0.717) is 10.9 Å². The van der Waals surface area contributed by atoms with Crippen LogP contribution in [0, 0.1) is 0 Å². The van der Waals surface area contributed by atoms with Gasteiger partial charge in [0, 0.05) is 12.8 Å². The van der Waals surface area contributed by atoms with Crippen LogP contribution in [0.3, 0.4) is 0 Å². The lowest BCUT2D eigenvalue weighted by atomic mass is 10.0. The zero-order valence-corrected chi connectivity index (χ0v) is 22.7. The first-order valence-electron chi connectivity index (χ1n) is 13.4. The van der Waals surface area contributed by atoms with E-state index in [2.05, 4.69) is 19.1 Å². The lowest BCUT2D eigenvalue weighted by molar-refractivity contribution is -0.910. The van der Waals surface area contributed by atoms with Gasteiger partial charge in [-0.2, -0.15) is 0 Å². The molecule has 0 spiro atoms. The molecule has 4 heteroatoms. The van der Waals surface area contributed by atoms with Crippen molar-refractivity contribution in [2.24, 2.45) is 0 Å². The zero-order chi connectivity index (χ0) is 23.4. The second-order valence-electron chi connectivity index (χ2n) is 10.4. The van der Waals surface area contributed by atoms with Crippen molar-refractivity contribution in [1.29, 1.82) is 0 Å². The SMILES string of the molecule is CCCC/C=C\CCCCCCCCCCCCCCCC(CC)([P+](=O)[O-])[N+](C)(C)C. The average molecular weight is 457 g/mol. The van der Waals surface area contributed by atoms with Crippen molar-refractivity contribution in [2.45, 2.75) is 141 Å². The van der Waals surface area contributed by atoms with Crippen molar-refractivity contribution >= 4 is 8.03 Å². The van der Waals surface area contributed by atoms with Crippen LogP contribution in [0.15, 0.2) is 12.2 Å². The highest BCUT2D eigenvalue weighted by molar-refractivity contribution is 7.38. The number of quaternary nitrogens is 1. The molecule has 0 aliphatic heterocycles. The Hall–Kier alpha value is -0.240. The van der Waals surface area contributed by atoms with Crippen molar-refractivity contribution in [2.75, 3.05) is 21.1 Å². The van der Waals surface area contributed by atoms with E-state index in [9.17, 15) is 9.46 Å². The van der Waals surface area contributed by atoms with E-state index in [-0.39, 0.29) is 0 Å². The summed E-state index contributed by atoms with van der Waals surface area (Å²) in [6.07, 6.45) is 28.6. The number of unbranched alkanes of at least 4 members (excludes halogenated alkanes) is 15. The van der Waals surface area contributed by atoms with Gasteiger partial charge in [0.05, 0.1) is 21.1 Å². The first-order chi connectivity index (χ1) is 14.8. The third kappa shape index (κ3) is 14.5. The van der Waals surface area contributed by atoms with Gasteiger partial charge >= 0.3 is 8.03 Å². The summed E-state index contributed by atoms with van der Waals surface area (Å²) in [5, 5.41) is -0.597. The van der Waals surface area contributed by atoms with Gasteiger partial charge in [0.15, 0.2) is 0 Å². The minimum atomic E-state index is -2.41. The summed E-state index contributed by atoms with van der Waals surface area (Å²) < 4.78 is 12.5. The molecule has 3 nitrogen and oxygen atoms in total. The van der Waals surface area contributed by atoms with E-state index in [4.69, 9.17) is 0 Å². The van der Waals surface area contributed by atoms with E-state index in [1.165, 1.54) is 103 Å². The van der Waals surface area contributed by atoms with Crippen LogP contribution in [0.1, 0.15) is 136 Å². The lowest BCUT2D eigenvalue weighted by Gasteiger charge is -2.39. The molecule has 0 saturated heterocycles. The van der Waals surface area contributed by atoms with E-state index in [0.717, 1.165) is 12.8 Å². The standard InChI is InChI=1S/C27H55NO2P/c1-6-8-9-10-11-12-13-14-15-16-17-18-19-20-21-22-23-24-25-26-27(7-2,31(29)30)28(3,4)5/h10-11H,6-9,12-26H2,1-5H3/q+1/b11-10-. The topological polar surface area (TPSA) is 40.1 Å². The van der Waals surface area contributed by atoms with Gasteiger partial charge in [-0.3, -0.25) is 4.48 Å². The van der Waals surface area contributed by atoms with Gasteiger partial charge in [-0.25, -0.2) is 0 Å². The summed E-state index contributed by atoms with van der Waals surface area (Å²) in [4.78, 5) is 11.9. The molecule has 0 aromatic heterocycles. The summed E-state index contributed by atoms with van der Waals surface area (Å²) in [6, 6.07) is 0. The van der Waals surface area contributed by atoms with Crippen LogP contribution < -0.4 is 4.89 Å². The third-order valence-electron chi connectivity index (χ3n) is 6.99. The van der Waals surface area contributed by atoms with Gasteiger partial charge in [-0.15, -0.1) is 0 Å². The molecule has 2 atom stereocenters. The van der Waals surface area contributed by atoms with Crippen LogP contribution in [0.4, 0.5) is 0 Å². The molecular weight excluding hydrogens is 401 g/mol. The van der Waals surface area contributed by atoms with Crippen LogP contribution in [0.25, 0.3) is 0 Å². The van der Waals surface area contributed by atoms with Crippen molar-refractivity contribution in [3.63, 3.8) is 0 Å². The fraction of sp³-hybridized carbons (Fsp3) is 0.926. The summed E-state index contributed by atoms with van der Waals surface area (Å²) in [7, 11) is 3.63. The normalized spacial score (nSPS) is 14.8. The molecule has 0 aliphatic rings. The van der Waals surface area contributed by atoms with Gasteiger partial charge in [0.25, 0.3) is 5.28 Å². The van der Waals surface area contributed by atoms with Gasteiger partial charge in [0.1, 0.15) is 0 Å². The highest BCUT2D eigenvalue weighted by atomic mass is 31.1. The third-order valence-corrected chi connectivity index (χ3v) is 8.81. The Morgan fingerprint density at radius 1 is 0.677 bits per heavy atom. The summed E-state index contributed by atoms with van der Waals surface area (Å²) >= 11 is 0. The second-order valence-corrected chi connectivity index (χ2v) is 11.7. The lowest BCUT2D eigenvalue weighted by Crippen LogP contribution is -2.55. The van der Waals surface area contributed by atoms with Gasteiger partial charge in [-0.1, -0.05) is 114 Å². The Morgan fingerprint density at radius 3 is 1.42 bits per heavy atom. The molecule has 0 rings (SSSR count). The quantitative estimate of drug-likeness (QED) is 0.0709. The molecule has 0 aromatic rings. The second kappa shape index (κ2) is 19.2. The van der Waals surface area contributed by atoms with E-state index in [1.807, 2.05) is 28.1 Å². The summed E-state index contributed by atoms with van der Waals surface area (Å²) in [6.45, 7) is 4.27. The minimum Gasteiger partial charge on any atom is -0.590 e. The van der Waals surface area contributed by atoms with Crippen molar-refractivity contribution < 1.29 is 13.9 Å². The van der Waals surface area contributed by atoms with Crippen molar-refractivity contribution in [3.05, 3.63) is 12.2 Å². The fourth-order valence-corrected chi connectivity index (χ4v) is 5.71. The largest absolute Gasteiger partial charge is 0.590 e. The highest BCUT2D eigenvalue weighted by Gasteiger charge is 2.52. The average Bonchev–Trinajstić information content (AvgIpc) is 2.71. The van der Waals surface area contributed by atoms with Crippen LogP contribution in [-0.4, -0.2) is 30.9 Å². The molecule has 0 radical (unpaired) electrons. The van der Waals surface area contributed by atoms with E-state index < -0.39 is 13.3 Å². The maximum Gasteiger partial charge on any atom is 0.376 e. The molecule has 0 heterocycles. The summed E-state index contributed by atoms with van der Waals surface area (Å²) in [5.41, 5.74) is 0. The van der Waals surface area contributed by atoms with E-state index >= 15 is 0 Å². The number of hydrogen-bond acceptors (Lipinski definition) is 2. The van der Waals surface area contributed by atoms with Crippen molar-refractivity contribution in [1.82, 2.24) is 0 Å². The smallest absolute Gasteiger partial charge is 0.376 e. The molecule has 0 aliphatic carbocycles. The van der Waals surface area contributed by atoms with E-state index in [1.54, 1.807) is 0 Å². The molecule has 0 amide bonds. The molecular formula is C27H55NO2P+. The predicted molar refractivity (Wildman–Crippen MR) is 137 cm³/mol. The van der Waals surface area contributed by atoms with Crippen LogP contribution in [0.2, 0.25) is 0 Å². The van der Waals surface area contributed by atoms with Gasteiger partial charge in [0.2, 0.25) is 0 Å². The number of allylic oxidation sites excluding steroid dienone is 2.